The first kappa shape index (κ1) is 11.5. The summed E-state index contributed by atoms with van der Waals surface area (Å²) < 4.78 is 22.7. The van der Waals surface area contributed by atoms with Gasteiger partial charge in [0.25, 0.3) is 5.52 Å². The smallest absolute Gasteiger partial charge is 0.252 e. The van der Waals surface area contributed by atoms with E-state index in [1.807, 2.05) is 0 Å². The van der Waals surface area contributed by atoms with Gasteiger partial charge in [0.05, 0.1) is 0 Å². The van der Waals surface area contributed by atoms with Gasteiger partial charge in [-0.2, -0.15) is 0 Å². The Bertz CT molecular complexity index is 709. The van der Waals surface area contributed by atoms with Crippen LogP contribution in [0.4, 0.5) is 4.39 Å². The minimum atomic E-state index is -0.284. The highest BCUT2D eigenvalue weighted by Crippen LogP contribution is 2.18. The van der Waals surface area contributed by atoms with Gasteiger partial charge in [-0.25, -0.2) is 4.39 Å². The lowest BCUT2D eigenvalue weighted by Gasteiger charge is -2.05. The van der Waals surface area contributed by atoms with Crippen molar-refractivity contribution in [2.45, 2.75) is 6.61 Å². The fourth-order valence-electron chi connectivity index (χ4n) is 1.69. The summed E-state index contributed by atoms with van der Waals surface area (Å²) in [4.78, 5) is 0.332. The molecule has 0 unspecified atom stereocenters. The molecule has 1 aromatic heterocycles. The average molecular weight is 260 g/mol. The molecule has 0 N–H and O–H groups in total. The Morgan fingerprint density at radius 1 is 1.21 bits per heavy atom. The van der Waals surface area contributed by atoms with Gasteiger partial charge in [0, 0.05) is 11.2 Å². The second-order valence-electron chi connectivity index (χ2n) is 4.00. The molecule has 2 aromatic carbocycles. The quantitative estimate of drug-likeness (QED) is 0.677. The highest BCUT2D eigenvalue weighted by atomic mass is 19.1. The average Bonchev–Trinajstić information content (AvgIpc) is 2.79. The van der Waals surface area contributed by atoms with Gasteiger partial charge in [-0.05, 0) is 34.7 Å². The van der Waals surface area contributed by atoms with Crippen molar-refractivity contribution in [3.63, 3.8) is 0 Å². The summed E-state index contributed by atoms with van der Waals surface area (Å²) in [5.41, 5.74) is 1.61. The van der Waals surface area contributed by atoms with Crippen molar-refractivity contribution in [1.82, 2.24) is 5.16 Å². The van der Waals surface area contributed by atoms with Crippen LogP contribution in [-0.4, -0.2) is 5.16 Å². The van der Waals surface area contributed by atoms with Crippen LogP contribution >= 0.6 is 0 Å². The van der Waals surface area contributed by atoms with E-state index in [1.165, 1.54) is 12.1 Å². The molecule has 96 valence electrons. The summed E-state index contributed by atoms with van der Waals surface area (Å²) in [5.74, 6) is 0.276. The lowest BCUT2D eigenvalue weighted by molar-refractivity contribution is -0.782. The molecule has 3 rings (SSSR count). The van der Waals surface area contributed by atoms with Crippen LogP contribution < -0.4 is 9.64 Å². The molecule has 0 aliphatic rings. The molecule has 0 amide bonds. The highest BCUT2D eigenvalue weighted by molar-refractivity contribution is 5.72. The van der Waals surface area contributed by atoms with Crippen LogP contribution in [0.3, 0.4) is 0 Å². The van der Waals surface area contributed by atoms with E-state index < -0.39 is 0 Å². The number of benzene rings is 2. The standard InChI is InChI=1S/C13H9FN2O3/c14-10-3-1-9(2-4-10)8-18-11-5-6-13-12(7-11)15-19-16(13)17/h1-7H,8H2. The molecule has 19 heavy (non-hydrogen) atoms. The van der Waals surface area contributed by atoms with Crippen LogP contribution in [0.2, 0.25) is 0 Å². The van der Waals surface area contributed by atoms with Crippen LogP contribution in [0.1, 0.15) is 5.56 Å². The summed E-state index contributed by atoms with van der Waals surface area (Å²) in [7, 11) is 0. The molecule has 0 atom stereocenters. The van der Waals surface area contributed by atoms with E-state index in [0.717, 1.165) is 5.56 Å². The summed E-state index contributed by atoms with van der Waals surface area (Å²) >= 11 is 0. The number of nitrogens with zero attached hydrogens (tertiary/aromatic N) is 2. The lowest BCUT2D eigenvalue weighted by Crippen LogP contribution is -2.22. The number of hydrogen-bond acceptors (Lipinski definition) is 4. The summed E-state index contributed by atoms with van der Waals surface area (Å²) in [5, 5.41) is 14.7. The van der Waals surface area contributed by atoms with E-state index >= 15 is 0 Å². The number of rotatable bonds is 3. The number of fused-ring (bicyclic) bond motifs is 1. The molecule has 0 saturated heterocycles. The van der Waals surface area contributed by atoms with Crippen molar-refractivity contribution in [3.8, 4) is 5.75 Å². The van der Waals surface area contributed by atoms with Crippen molar-refractivity contribution in [3.05, 3.63) is 59.1 Å². The molecule has 0 fully saturated rings. The van der Waals surface area contributed by atoms with Crippen molar-refractivity contribution >= 4 is 11.0 Å². The predicted octanol–water partition coefficient (Wildman–Crippen LogP) is 2.18. The van der Waals surface area contributed by atoms with Crippen molar-refractivity contribution < 1.29 is 18.7 Å². The number of hydrogen-bond donors (Lipinski definition) is 0. The van der Waals surface area contributed by atoms with Crippen LogP contribution in [-0.2, 0) is 6.61 Å². The van der Waals surface area contributed by atoms with Crippen molar-refractivity contribution in [2.24, 2.45) is 0 Å². The third kappa shape index (κ3) is 2.33. The SMILES string of the molecule is [O-][n+]1onc2cc(OCc3ccc(F)cc3)ccc21. The van der Waals surface area contributed by atoms with Gasteiger partial charge in [-0.3, -0.25) is 4.63 Å². The third-order valence-corrected chi connectivity index (χ3v) is 2.68. The Morgan fingerprint density at radius 2 is 2.00 bits per heavy atom. The Hall–Kier alpha value is -2.63. The zero-order valence-corrected chi connectivity index (χ0v) is 9.75. The molecule has 0 aliphatic heterocycles. The normalized spacial score (nSPS) is 10.8. The minimum absolute atomic E-state index is 0.284. The Morgan fingerprint density at radius 3 is 2.79 bits per heavy atom. The second kappa shape index (κ2) is 4.56. The molecule has 0 aliphatic carbocycles. The fourth-order valence-corrected chi connectivity index (χ4v) is 1.69. The van der Waals surface area contributed by atoms with E-state index in [0.29, 0.717) is 28.3 Å². The first-order chi connectivity index (χ1) is 9.22. The Kier molecular flexibility index (Phi) is 2.75. The van der Waals surface area contributed by atoms with E-state index in [2.05, 4.69) is 9.79 Å². The van der Waals surface area contributed by atoms with Crippen molar-refractivity contribution in [2.75, 3.05) is 0 Å². The van der Waals surface area contributed by atoms with E-state index in [1.54, 1.807) is 30.3 Å². The first-order valence-electron chi connectivity index (χ1n) is 5.59. The Balaban J connectivity index is 1.76. The molecule has 0 radical (unpaired) electrons. The van der Waals surface area contributed by atoms with Gasteiger partial charge >= 0.3 is 0 Å². The third-order valence-electron chi connectivity index (χ3n) is 2.68. The van der Waals surface area contributed by atoms with Crippen LogP contribution in [0.5, 0.6) is 5.75 Å². The molecule has 5 nitrogen and oxygen atoms in total. The molecule has 6 heteroatoms. The zero-order chi connectivity index (χ0) is 13.2. The molecule has 1 heterocycles. The monoisotopic (exact) mass is 260 g/mol. The molecule has 3 aromatic rings. The molecular weight excluding hydrogens is 251 g/mol. The second-order valence-corrected chi connectivity index (χ2v) is 4.00. The van der Waals surface area contributed by atoms with E-state index in [9.17, 15) is 9.60 Å². The van der Waals surface area contributed by atoms with E-state index in [-0.39, 0.29) is 5.82 Å². The summed E-state index contributed by atoms with van der Waals surface area (Å²) in [6.45, 7) is 0.307. The maximum absolute atomic E-state index is 12.7. The molecule has 0 spiro atoms. The lowest BCUT2D eigenvalue weighted by atomic mass is 10.2. The maximum Gasteiger partial charge on any atom is 0.252 e. The zero-order valence-electron chi connectivity index (χ0n) is 9.75. The fraction of sp³-hybridized carbons (Fsp3) is 0.0769. The number of ether oxygens (including phenoxy) is 1. The summed E-state index contributed by atoms with van der Waals surface area (Å²) in [6, 6.07) is 10.9. The predicted molar refractivity (Wildman–Crippen MR) is 63.7 cm³/mol. The minimum Gasteiger partial charge on any atom is -0.489 e. The van der Waals surface area contributed by atoms with Crippen LogP contribution in [0.25, 0.3) is 11.0 Å². The van der Waals surface area contributed by atoms with Gasteiger partial charge in [0.2, 0.25) is 5.52 Å². The largest absolute Gasteiger partial charge is 0.489 e. The van der Waals surface area contributed by atoms with Gasteiger partial charge in [-0.1, -0.05) is 12.1 Å². The highest BCUT2D eigenvalue weighted by Gasteiger charge is 2.10. The maximum atomic E-state index is 12.7. The molecule has 0 saturated carbocycles. The van der Waals surface area contributed by atoms with Crippen LogP contribution in [0, 0.1) is 11.0 Å². The number of halogens is 1. The van der Waals surface area contributed by atoms with Gasteiger partial charge in [-0.15, -0.1) is 0 Å². The van der Waals surface area contributed by atoms with Gasteiger partial charge in [0.15, 0.2) is 0 Å². The van der Waals surface area contributed by atoms with Gasteiger partial charge < -0.3 is 9.94 Å². The van der Waals surface area contributed by atoms with Crippen molar-refractivity contribution in [1.29, 1.82) is 0 Å². The van der Waals surface area contributed by atoms with Gasteiger partial charge in [0.1, 0.15) is 18.2 Å². The number of aromatic nitrogens is 2. The topological polar surface area (TPSA) is 62.2 Å². The van der Waals surface area contributed by atoms with E-state index in [4.69, 9.17) is 4.74 Å². The summed E-state index contributed by atoms with van der Waals surface area (Å²) in [6.07, 6.45) is 0. The molecule has 0 bridgehead atoms. The molecular formula is C13H9FN2O3. The Labute approximate surface area is 107 Å². The van der Waals surface area contributed by atoms with Crippen LogP contribution in [0.15, 0.2) is 47.1 Å². The first-order valence-corrected chi connectivity index (χ1v) is 5.59.